The standard InChI is InChI=1S/C18H29NO/c1-3-10-16(2)18(19-13-8-5-9-14-19)20-15-17-11-6-4-7-12-17/h4,6-7,11-12,16,18H,3,5,8-10,13-15H2,1-2H3. The van der Waals surface area contributed by atoms with Gasteiger partial charge in [0.2, 0.25) is 0 Å². The van der Waals surface area contributed by atoms with Crippen LogP contribution in [0, 0.1) is 5.92 Å². The zero-order valence-electron chi connectivity index (χ0n) is 13.1. The largest absolute Gasteiger partial charge is 0.358 e. The highest BCUT2D eigenvalue weighted by atomic mass is 16.5. The van der Waals surface area contributed by atoms with Gasteiger partial charge in [-0.25, -0.2) is 0 Å². The summed E-state index contributed by atoms with van der Waals surface area (Å²) in [4.78, 5) is 2.56. The average Bonchev–Trinajstić information content (AvgIpc) is 2.50. The van der Waals surface area contributed by atoms with Crippen molar-refractivity contribution in [3.8, 4) is 0 Å². The molecule has 0 spiro atoms. The Morgan fingerprint density at radius 2 is 1.80 bits per heavy atom. The number of nitrogens with zero attached hydrogens (tertiary/aromatic N) is 1. The van der Waals surface area contributed by atoms with Gasteiger partial charge in [0.1, 0.15) is 6.23 Å². The smallest absolute Gasteiger partial charge is 0.113 e. The lowest BCUT2D eigenvalue weighted by Gasteiger charge is -2.37. The van der Waals surface area contributed by atoms with Gasteiger partial charge in [0.15, 0.2) is 0 Å². The molecule has 1 aliphatic rings. The Hall–Kier alpha value is -0.860. The van der Waals surface area contributed by atoms with Gasteiger partial charge in [-0.3, -0.25) is 4.90 Å². The van der Waals surface area contributed by atoms with Crippen LogP contribution in [0.15, 0.2) is 30.3 Å². The summed E-state index contributed by atoms with van der Waals surface area (Å²) < 4.78 is 6.31. The summed E-state index contributed by atoms with van der Waals surface area (Å²) in [6.45, 7) is 7.74. The highest BCUT2D eigenvalue weighted by Crippen LogP contribution is 2.23. The second kappa shape index (κ2) is 8.43. The number of piperidine rings is 1. The van der Waals surface area contributed by atoms with Crippen LogP contribution < -0.4 is 0 Å². The van der Waals surface area contributed by atoms with Gasteiger partial charge in [0.05, 0.1) is 6.61 Å². The van der Waals surface area contributed by atoms with Crippen LogP contribution in [0.5, 0.6) is 0 Å². The van der Waals surface area contributed by atoms with E-state index in [9.17, 15) is 0 Å². The Morgan fingerprint density at radius 3 is 2.45 bits per heavy atom. The monoisotopic (exact) mass is 275 g/mol. The van der Waals surface area contributed by atoms with Crippen molar-refractivity contribution in [3.05, 3.63) is 35.9 Å². The first-order valence-corrected chi connectivity index (χ1v) is 8.21. The molecule has 0 aromatic heterocycles. The maximum absolute atomic E-state index is 6.31. The molecule has 1 fully saturated rings. The first-order chi connectivity index (χ1) is 9.81. The molecule has 2 unspecified atom stereocenters. The Kier molecular flexibility index (Phi) is 6.55. The van der Waals surface area contributed by atoms with Gasteiger partial charge in [-0.05, 0) is 30.7 Å². The number of likely N-dealkylation sites (tertiary alicyclic amines) is 1. The molecule has 1 saturated heterocycles. The highest BCUT2D eigenvalue weighted by Gasteiger charge is 2.26. The molecule has 1 heterocycles. The predicted molar refractivity (Wildman–Crippen MR) is 84.5 cm³/mol. The Morgan fingerprint density at radius 1 is 1.10 bits per heavy atom. The van der Waals surface area contributed by atoms with Crippen molar-refractivity contribution in [1.82, 2.24) is 4.90 Å². The van der Waals surface area contributed by atoms with Crippen LogP contribution in [0.25, 0.3) is 0 Å². The molecule has 0 radical (unpaired) electrons. The van der Waals surface area contributed by atoms with Crippen molar-refractivity contribution in [2.45, 2.75) is 58.8 Å². The first-order valence-electron chi connectivity index (χ1n) is 8.21. The van der Waals surface area contributed by atoms with E-state index in [0.29, 0.717) is 5.92 Å². The van der Waals surface area contributed by atoms with Crippen molar-refractivity contribution in [1.29, 1.82) is 0 Å². The van der Waals surface area contributed by atoms with Gasteiger partial charge in [-0.2, -0.15) is 0 Å². The lowest BCUT2D eigenvalue weighted by atomic mass is 10.0. The molecule has 112 valence electrons. The van der Waals surface area contributed by atoms with Crippen LogP contribution in [0.2, 0.25) is 0 Å². The summed E-state index contributed by atoms with van der Waals surface area (Å²) in [6.07, 6.45) is 6.80. The third-order valence-electron chi connectivity index (χ3n) is 4.24. The summed E-state index contributed by atoms with van der Waals surface area (Å²) in [5.41, 5.74) is 1.28. The molecule has 1 aromatic rings. The number of hydrogen-bond donors (Lipinski definition) is 0. The van der Waals surface area contributed by atoms with Gasteiger partial charge in [-0.15, -0.1) is 0 Å². The van der Waals surface area contributed by atoms with Gasteiger partial charge in [0, 0.05) is 13.1 Å². The third-order valence-corrected chi connectivity index (χ3v) is 4.24. The number of hydrogen-bond acceptors (Lipinski definition) is 2. The Labute approximate surface area is 124 Å². The molecule has 0 aliphatic carbocycles. The van der Waals surface area contributed by atoms with Crippen LogP contribution in [0.4, 0.5) is 0 Å². The van der Waals surface area contributed by atoms with Gasteiger partial charge < -0.3 is 4.74 Å². The molecule has 20 heavy (non-hydrogen) atoms. The normalized spacial score (nSPS) is 19.7. The average molecular weight is 275 g/mol. The minimum absolute atomic E-state index is 0.287. The van der Waals surface area contributed by atoms with E-state index in [1.807, 2.05) is 0 Å². The van der Waals surface area contributed by atoms with Crippen molar-refractivity contribution >= 4 is 0 Å². The summed E-state index contributed by atoms with van der Waals surface area (Å²) in [6, 6.07) is 10.5. The molecule has 2 nitrogen and oxygen atoms in total. The van der Waals surface area contributed by atoms with Crippen molar-refractivity contribution in [2.75, 3.05) is 13.1 Å². The van der Waals surface area contributed by atoms with E-state index in [4.69, 9.17) is 4.74 Å². The fourth-order valence-corrected chi connectivity index (χ4v) is 3.16. The zero-order chi connectivity index (χ0) is 14.2. The van der Waals surface area contributed by atoms with E-state index in [1.165, 1.54) is 50.8 Å². The predicted octanol–water partition coefficient (Wildman–Crippen LogP) is 4.45. The molecule has 1 aliphatic heterocycles. The molecule has 2 rings (SSSR count). The SMILES string of the molecule is CCCC(C)C(OCc1ccccc1)N1CCCCC1. The molecular weight excluding hydrogens is 246 g/mol. The summed E-state index contributed by atoms with van der Waals surface area (Å²) in [5, 5.41) is 0. The van der Waals surface area contributed by atoms with E-state index in [1.54, 1.807) is 0 Å². The summed E-state index contributed by atoms with van der Waals surface area (Å²) >= 11 is 0. The zero-order valence-corrected chi connectivity index (χ0v) is 13.1. The van der Waals surface area contributed by atoms with Gasteiger partial charge in [0.25, 0.3) is 0 Å². The maximum Gasteiger partial charge on any atom is 0.113 e. The van der Waals surface area contributed by atoms with Crippen molar-refractivity contribution < 1.29 is 4.74 Å². The van der Waals surface area contributed by atoms with Crippen LogP contribution in [0.1, 0.15) is 51.5 Å². The second-order valence-corrected chi connectivity index (χ2v) is 6.05. The second-order valence-electron chi connectivity index (χ2n) is 6.05. The molecule has 0 amide bonds. The topological polar surface area (TPSA) is 12.5 Å². The molecule has 1 aromatic carbocycles. The number of benzene rings is 1. The van der Waals surface area contributed by atoms with E-state index in [2.05, 4.69) is 49.1 Å². The van der Waals surface area contributed by atoms with Crippen molar-refractivity contribution in [3.63, 3.8) is 0 Å². The fraction of sp³-hybridized carbons (Fsp3) is 0.667. The third kappa shape index (κ3) is 4.60. The Bertz CT molecular complexity index is 359. The summed E-state index contributed by atoms with van der Waals surface area (Å²) in [7, 11) is 0. The highest BCUT2D eigenvalue weighted by molar-refractivity contribution is 5.13. The number of rotatable bonds is 7. The van der Waals surface area contributed by atoms with E-state index >= 15 is 0 Å². The number of ether oxygens (including phenoxy) is 1. The maximum atomic E-state index is 6.31. The Balaban J connectivity index is 1.94. The molecule has 0 saturated carbocycles. The minimum atomic E-state index is 0.287. The lowest BCUT2D eigenvalue weighted by molar-refractivity contribution is -0.106. The van der Waals surface area contributed by atoms with Crippen LogP contribution in [0.3, 0.4) is 0 Å². The minimum Gasteiger partial charge on any atom is -0.358 e. The molecule has 2 heteroatoms. The van der Waals surface area contributed by atoms with E-state index < -0.39 is 0 Å². The molecule has 0 N–H and O–H groups in total. The summed E-state index contributed by atoms with van der Waals surface area (Å²) in [5.74, 6) is 0.613. The fourth-order valence-electron chi connectivity index (χ4n) is 3.16. The van der Waals surface area contributed by atoms with Gasteiger partial charge >= 0.3 is 0 Å². The van der Waals surface area contributed by atoms with Crippen molar-refractivity contribution in [2.24, 2.45) is 5.92 Å². The van der Waals surface area contributed by atoms with Crippen LogP contribution in [-0.2, 0) is 11.3 Å². The molecule has 2 atom stereocenters. The first kappa shape index (κ1) is 15.5. The molecule has 0 bridgehead atoms. The van der Waals surface area contributed by atoms with Crippen LogP contribution >= 0.6 is 0 Å². The molecular formula is C18H29NO. The van der Waals surface area contributed by atoms with Crippen LogP contribution in [-0.4, -0.2) is 24.2 Å². The lowest BCUT2D eigenvalue weighted by Crippen LogP contribution is -2.44. The quantitative estimate of drug-likeness (QED) is 0.729. The van der Waals surface area contributed by atoms with E-state index in [0.717, 1.165) is 6.61 Å². The van der Waals surface area contributed by atoms with Gasteiger partial charge in [-0.1, -0.05) is 57.0 Å². The van der Waals surface area contributed by atoms with E-state index in [-0.39, 0.29) is 6.23 Å².